The van der Waals surface area contributed by atoms with Crippen molar-refractivity contribution in [3.05, 3.63) is 54.2 Å². The summed E-state index contributed by atoms with van der Waals surface area (Å²) >= 11 is 1.32. The van der Waals surface area contributed by atoms with E-state index in [1.54, 1.807) is 12.4 Å². The van der Waals surface area contributed by atoms with E-state index in [1.165, 1.54) is 39.9 Å². The number of aromatic nitrogens is 2. The largest absolute Gasteiger partial charge is 0.302 e. The van der Waals surface area contributed by atoms with Gasteiger partial charge in [0.15, 0.2) is 15.0 Å². The van der Waals surface area contributed by atoms with Gasteiger partial charge in [0.25, 0.3) is 0 Å². The third kappa shape index (κ3) is 5.29. The number of amides is 1. The van der Waals surface area contributed by atoms with Crippen LogP contribution in [0.25, 0.3) is 11.3 Å². The van der Waals surface area contributed by atoms with Crippen LogP contribution in [0.4, 0.5) is 5.13 Å². The number of pyridine rings is 1. The van der Waals surface area contributed by atoms with Gasteiger partial charge in [-0.1, -0.05) is 6.07 Å². The van der Waals surface area contributed by atoms with Crippen LogP contribution in [-0.2, 0) is 24.7 Å². The summed E-state index contributed by atoms with van der Waals surface area (Å²) in [5.74, 6) is -0.539. The van der Waals surface area contributed by atoms with Crippen molar-refractivity contribution in [1.29, 1.82) is 0 Å². The van der Waals surface area contributed by atoms with Crippen molar-refractivity contribution in [3.8, 4) is 11.3 Å². The van der Waals surface area contributed by atoms with Crippen molar-refractivity contribution in [2.75, 3.05) is 24.7 Å². The molecule has 9 nitrogen and oxygen atoms in total. The smallest absolute Gasteiger partial charge is 0.243 e. The molecular weight excluding hydrogens is 484 g/mol. The number of carbonyl (C=O) groups is 1. The Kier molecular flexibility index (Phi) is 6.61. The summed E-state index contributed by atoms with van der Waals surface area (Å²) < 4.78 is 50.8. The Morgan fingerprint density at radius 3 is 2.48 bits per heavy atom. The zero-order chi connectivity index (χ0) is 23.6. The van der Waals surface area contributed by atoms with Crippen LogP contribution in [-0.4, -0.2) is 56.4 Å². The quantitative estimate of drug-likeness (QED) is 0.545. The van der Waals surface area contributed by atoms with Crippen LogP contribution in [0.5, 0.6) is 0 Å². The number of nitrogens with zero attached hydrogens (tertiary/aromatic N) is 3. The summed E-state index contributed by atoms with van der Waals surface area (Å²) in [5, 5.41) is 5.14. The number of benzene rings is 1. The highest BCUT2D eigenvalue weighted by Gasteiger charge is 2.32. The highest BCUT2D eigenvalue weighted by atomic mass is 32.2. The van der Waals surface area contributed by atoms with E-state index in [1.807, 2.05) is 17.5 Å². The molecule has 1 amide bonds. The minimum Gasteiger partial charge on any atom is -0.302 e. The Labute approximate surface area is 196 Å². The molecule has 1 N–H and O–H groups in total. The lowest BCUT2D eigenvalue weighted by Crippen LogP contribution is -2.41. The van der Waals surface area contributed by atoms with Crippen LogP contribution in [0.1, 0.15) is 12.8 Å². The molecule has 0 aliphatic carbocycles. The van der Waals surface area contributed by atoms with Crippen molar-refractivity contribution >= 4 is 42.2 Å². The first kappa shape index (κ1) is 23.5. The molecule has 0 atom stereocenters. The Balaban J connectivity index is 1.39. The summed E-state index contributed by atoms with van der Waals surface area (Å²) in [4.78, 5) is 21.1. The maximum absolute atomic E-state index is 13.0. The van der Waals surface area contributed by atoms with Gasteiger partial charge in [-0.05, 0) is 43.2 Å². The molecule has 0 spiro atoms. The molecule has 0 bridgehead atoms. The zero-order valence-corrected chi connectivity index (χ0v) is 20.2. The van der Waals surface area contributed by atoms with Crippen molar-refractivity contribution in [1.82, 2.24) is 14.3 Å². The molecule has 1 aromatic carbocycles. The van der Waals surface area contributed by atoms with Crippen LogP contribution in [0.2, 0.25) is 0 Å². The molecule has 1 saturated heterocycles. The second kappa shape index (κ2) is 9.29. The van der Waals surface area contributed by atoms with E-state index < -0.39 is 19.9 Å². The first-order valence-electron chi connectivity index (χ1n) is 10.1. The Bertz CT molecular complexity index is 1360. The Morgan fingerprint density at radius 1 is 1.09 bits per heavy atom. The number of hydrogen-bond donors (Lipinski definition) is 1. The van der Waals surface area contributed by atoms with Gasteiger partial charge < -0.3 is 5.32 Å². The van der Waals surface area contributed by atoms with Gasteiger partial charge in [0.1, 0.15) is 0 Å². The molecule has 3 heterocycles. The van der Waals surface area contributed by atoms with E-state index in [4.69, 9.17) is 0 Å². The monoisotopic (exact) mass is 506 g/mol. The average molecular weight is 507 g/mol. The molecule has 0 saturated carbocycles. The molecule has 1 fully saturated rings. The van der Waals surface area contributed by atoms with Crippen molar-refractivity contribution < 1.29 is 21.6 Å². The molecular formula is C21H22N4O5S3. The lowest BCUT2D eigenvalue weighted by molar-refractivity contribution is -0.120. The molecule has 12 heteroatoms. The van der Waals surface area contributed by atoms with Crippen LogP contribution < -0.4 is 5.32 Å². The molecule has 33 heavy (non-hydrogen) atoms. The van der Waals surface area contributed by atoms with Gasteiger partial charge in [0.2, 0.25) is 15.9 Å². The van der Waals surface area contributed by atoms with Crippen molar-refractivity contribution in [2.24, 2.45) is 5.92 Å². The maximum Gasteiger partial charge on any atom is 0.243 e. The number of nitrogens with one attached hydrogen (secondary N) is 1. The second-order valence-electron chi connectivity index (χ2n) is 7.69. The van der Waals surface area contributed by atoms with Crippen molar-refractivity contribution in [2.45, 2.75) is 22.6 Å². The summed E-state index contributed by atoms with van der Waals surface area (Å²) in [7, 11) is -7.39. The van der Waals surface area contributed by atoms with Gasteiger partial charge in [-0.2, -0.15) is 4.31 Å². The molecule has 0 radical (unpaired) electrons. The van der Waals surface area contributed by atoms with Gasteiger partial charge in [0.05, 0.1) is 15.5 Å². The first-order valence-corrected chi connectivity index (χ1v) is 14.3. The standard InChI is InChI=1S/C21H22N4O5S3/c1-32(27,28)17-5-2-6-18(12-17)33(29,30)25-10-7-15(8-11-25)20(26)24-21-23-19(14-31-21)16-4-3-9-22-13-16/h2-6,9,12-15H,7-8,10-11H2,1H3,(H,23,24,26). The fourth-order valence-electron chi connectivity index (χ4n) is 3.56. The fourth-order valence-corrected chi connectivity index (χ4v) is 6.54. The third-order valence-electron chi connectivity index (χ3n) is 5.39. The number of carbonyl (C=O) groups excluding carboxylic acids is 1. The molecule has 2 aromatic heterocycles. The normalized spacial score (nSPS) is 15.9. The molecule has 4 rings (SSSR count). The molecule has 0 unspecified atom stereocenters. The Morgan fingerprint density at radius 2 is 1.82 bits per heavy atom. The number of sulfonamides is 1. The van der Waals surface area contributed by atoms with Crippen LogP contribution in [0, 0.1) is 5.92 Å². The summed E-state index contributed by atoms with van der Waals surface area (Å²) in [5.41, 5.74) is 1.58. The van der Waals surface area contributed by atoms with E-state index in [-0.39, 0.29) is 34.7 Å². The first-order chi connectivity index (χ1) is 15.6. The molecule has 174 valence electrons. The van der Waals surface area contributed by atoms with E-state index in [9.17, 15) is 21.6 Å². The van der Waals surface area contributed by atoms with Gasteiger partial charge in [0, 0.05) is 48.6 Å². The highest BCUT2D eigenvalue weighted by molar-refractivity contribution is 7.91. The van der Waals surface area contributed by atoms with Gasteiger partial charge in [-0.15, -0.1) is 11.3 Å². The number of rotatable bonds is 6. The van der Waals surface area contributed by atoms with Crippen LogP contribution in [0.15, 0.2) is 64.0 Å². The molecule has 3 aromatic rings. The van der Waals surface area contributed by atoms with E-state index >= 15 is 0 Å². The van der Waals surface area contributed by atoms with Crippen molar-refractivity contribution in [3.63, 3.8) is 0 Å². The second-order valence-corrected chi connectivity index (χ2v) is 12.5. The minimum absolute atomic E-state index is 0.0491. The number of hydrogen-bond acceptors (Lipinski definition) is 8. The van der Waals surface area contributed by atoms with E-state index in [0.717, 1.165) is 17.5 Å². The fraction of sp³-hybridized carbons (Fsp3) is 0.286. The summed E-state index contributed by atoms with van der Waals surface area (Å²) in [6, 6.07) is 9.03. The summed E-state index contributed by atoms with van der Waals surface area (Å²) in [6.07, 6.45) is 5.12. The average Bonchev–Trinajstić information content (AvgIpc) is 3.28. The van der Waals surface area contributed by atoms with Crippen LogP contribution in [0.3, 0.4) is 0 Å². The number of thiazole rings is 1. The zero-order valence-electron chi connectivity index (χ0n) is 17.7. The lowest BCUT2D eigenvalue weighted by Gasteiger charge is -2.30. The van der Waals surface area contributed by atoms with Gasteiger partial charge in [-0.3, -0.25) is 9.78 Å². The SMILES string of the molecule is CS(=O)(=O)c1cccc(S(=O)(=O)N2CCC(C(=O)Nc3nc(-c4cccnc4)cs3)CC2)c1. The number of sulfone groups is 1. The van der Waals surface area contributed by atoms with E-state index in [2.05, 4.69) is 15.3 Å². The third-order valence-corrected chi connectivity index (χ3v) is 9.15. The van der Waals surface area contributed by atoms with Crippen LogP contribution >= 0.6 is 11.3 Å². The van der Waals surface area contributed by atoms with E-state index in [0.29, 0.717) is 18.0 Å². The number of anilines is 1. The lowest BCUT2D eigenvalue weighted by atomic mass is 9.97. The Hall–Kier alpha value is -2.67. The summed E-state index contributed by atoms with van der Waals surface area (Å²) in [6.45, 7) is 0.338. The minimum atomic E-state index is -3.86. The topological polar surface area (TPSA) is 126 Å². The number of piperidine rings is 1. The molecule has 1 aliphatic rings. The van der Waals surface area contributed by atoms with Gasteiger partial charge in [-0.25, -0.2) is 21.8 Å². The predicted octanol–water partition coefficient (Wildman–Crippen LogP) is 2.65. The predicted molar refractivity (Wildman–Crippen MR) is 125 cm³/mol. The maximum atomic E-state index is 13.0. The highest BCUT2D eigenvalue weighted by Crippen LogP contribution is 2.28. The van der Waals surface area contributed by atoms with Gasteiger partial charge >= 0.3 is 0 Å². The molecule has 1 aliphatic heterocycles.